The zero-order valence-electron chi connectivity index (χ0n) is 12.1. The van der Waals surface area contributed by atoms with E-state index in [1.54, 1.807) is 0 Å². The summed E-state index contributed by atoms with van der Waals surface area (Å²) in [7, 11) is 3.96. The van der Waals surface area contributed by atoms with Crippen LogP contribution in [0.25, 0.3) is 0 Å². The van der Waals surface area contributed by atoms with Gasteiger partial charge in [0.2, 0.25) is 0 Å². The van der Waals surface area contributed by atoms with Crippen molar-refractivity contribution in [2.24, 2.45) is 7.05 Å². The van der Waals surface area contributed by atoms with E-state index in [2.05, 4.69) is 40.7 Å². The molecule has 102 valence electrons. The van der Waals surface area contributed by atoms with Crippen molar-refractivity contribution >= 4 is 0 Å². The topological polar surface area (TPSA) is 42.7 Å². The average molecular weight is 258 g/mol. The normalized spacial score (nSPS) is 12.6. The monoisotopic (exact) mass is 258 g/mol. The molecule has 0 aliphatic carbocycles. The summed E-state index contributed by atoms with van der Waals surface area (Å²) in [5, 5.41) is 7.59. The zero-order chi connectivity index (χ0) is 13.8. The van der Waals surface area contributed by atoms with Gasteiger partial charge >= 0.3 is 0 Å². The molecule has 0 saturated carbocycles. The van der Waals surface area contributed by atoms with Gasteiger partial charge in [-0.2, -0.15) is 5.10 Å². The quantitative estimate of drug-likeness (QED) is 0.895. The summed E-state index contributed by atoms with van der Waals surface area (Å²) in [6.45, 7) is 4.11. The van der Waals surface area contributed by atoms with Crippen molar-refractivity contribution in [2.45, 2.75) is 32.7 Å². The van der Waals surface area contributed by atoms with E-state index in [0.29, 0.717) is 6.04 Å². The van der Waals surface area contributed by atoms with Crippen LogP contribution in [0.4, 0.5) is 0 Å². The summed E-state index contributed by atoms with van der Waals surface area (Å²) in [4.78, 5) is 4.55. The first-order valence-corrected chi connectivity index (χ1v) is 6.69. The number of rotatable bonds is 5. The van der Waals surface area contributed by atoms with Gasteiger partial charge in [-0.15, -0.1) is 0 Å². The molecule has 0 fully saturated rings. The van der Waals surface area contributed by atoms with Gasteiger partial charge in [-0.3, -0.25) is 9.67 Å². The lowest BCUT2D eigenvalue weighted by Crippen LogP contribution is -2.18. The van der Waals surface area contributed by atoms with Crippen LogP contribution in [0.15, 0.2) is 24.5 Å². The van der Waals surface area contributed by atoms with Crippen LogP contribution >= 0.6 is 0 Å². The molecule has 1 atom stereocenters. The van der Waals surface area contributed by atoms with Crippen LogP contribution < -0.4 is 5.32 Å². The van der Waals surface area contributed by atoms with Gasteiger partial charge in [0.05, 0.1) is 6.20 Å². The standard InChI is InChI=1S/C15H22N4/c1-11-5-7-14(12(2)18-11)15(16-3)8-6-13-9-17-19(4)10-13/h5,7,9-10,15-16H,6,8H2,1-4H3. The summed E-state index contributed by atoms with van der Waals surface area (Å²) in [5.41, 5.74) is 4.76. The Kier molecular flexibility index (Phi) is 4.32. The molecule has 4 nitrogen and oxygen atoms in total. The zero-order valence-corrected chi connectivity index (χ0v) is 12.1. The lowest BCUT2D eigenvalue weighted by Gasteiger charge is -2.18. The van der Waals surface area contributed by atoms with Crippen molar-refractivity contribution in [1.29, 1.82) is 0 Å². The second-order valence-corrected chi connectivity index (χ2v) is 5.03. The van der Waals surface area contributed by atoms with Crippen LogP contribution in [-0.2, 0) is 13.5 Å². The van der Waals surface area contributed by atoms with E-state index in [4.69, 9.17) is 0 Å². The molecule has 2 aromatic heterocycles. The second-order valence-electron chi connectivity index (χ2n) is 5.03. The molecule has 2 aromatic rings. The predicted molar refractivity (Wildman–Crippen MR) is 77.0 cm³/mol. The van der Waals surface area contributed by atoms with Gasteiger partial charge in [-0.1, -0.05) is 6.07 Å². The van der Waals surface area contributed by atoms with Gasteiger partial charge in [0.15, 0.2) is 0 Å². The summed E-state index contributed by atoms with van der Waals surface area (Å²) < 4.78 is 1.85. The minimum absolute atomic E-state index is 0.341. The molecule has 0 aromatic carbocycles. The molecule has 0 bridgehead atoms. The molecular formula is C15H22N4. The molecule has 0 aliphatic rings. The summed E-state index contributed by atoms with van der Waals surface area (Å²) in [6, 6.07) is 4.60. The van der Waals surface area contributed by atoms with E-state index < -0.39 is 0 Å². The van der Waals surface area contributed by atoms with Crippen molar-refractivity contribution in [2.75, 3.05) is 7.05 Å². The number of hydrogen-bond donors (Lipinski definition) is 1. The first-order chi connectivity index (χ1) is 9.10. The van der Waals surface area contributed by atoms with Crippen molar-refractivity contribution in [3.63, 3.8) is 0 Å². The number of nitrogens with one attached hydrogen (secondary N) is 1. The van der Waals surface area contributed by atoms with Gasteiger partial charge in [0.1, 0.15) is 0 Å². The average Bonchev–Trinajstić information content (AvgIpc) is 2.78. The number of hydrogen-bond acceptors (Lipinski definition) is 3. The number of aromatic nitrogens is 3. The minimum Gasteiger partial charge on any atom is -0.313 e. The second kappa shape index (κ2) is 5.97. The third kappa shape index (κ3) is 3.41. The van der Waals surface area contributed by atoms with E-state index in [9.17, 15) is 0 Å². The van der Waals surface area contributed by atoms with Crippen LogP contribution in [0.5, 0.6) is 0 Å². The first-order valence-electron chi connectivity index (χ1n) is 6.69. The molecule has 1 N–H and O–H groups in total. The number of aryl methyl sites for hydroxylation is 4. The van der Waals surface area contributed by atoms with E-state index in [0.717, 1.165) is 24.2 Å². The molecule has 4 heteroatoms. The molecule has 0 amide bonds. The van der Waals surface area contributed by atoms with Crippen LogP contribution in [0.2, 0.25) is 0 Å². The highest BCUT2D eigenvalue weighted by atomic mass is 15.2. The smallest absolute Gasteiger partial charge is 0.0521 e. The van der Waals surface area contributed by atoms with Gasteiger partial charge in [-0.05, 0) is 50.9 Å². The fraction of sp³-hybridized carbons (Fsp3) is 0.467. The molecule has 19 heavy (non-hydrogen) atoms. The maximum atomic E-state index is 4.55. The Morgan fingerprint density at radius 1 is 1.32 bits per heavy atom. The fourth-order valence-corrected chi connectivity index (χ4v) is 2.43. The highest BCUT2D eigenvalue weighted by molar-refractivity contribution is 5.25. The summed E-state index contributed by atoms with van der Waals surface area (Å²) in [5.74, 6) is 0. The summed E-state index contributed by atoms with van der Waals surface area (Å²) >= 11 is 0. The largest absolute Gasteiger partial charge is 0.313 e. The van der Waals surface area contributed by atoms with Crippen molar-refractivity contribution in [1.82, 2.24) is 20.1 Å². The highest BCUT2D eigenvalue weighted by Gasteiger charge is 2.13. The lowest BCUT2D eigenvalue weighted by atomic mass is 9.99. The van der Waals surface area contributed by atoms with Crippen LogP contribution in [0, 0.1) is 13.8 Å². The van der Waals surface area contributed by atoms with E-state index in [1.807, 2.05) is 31.9 Å². The molecule has 0 aliphatic heterocycles. The minimum atomic E-state index is 0.341. The van der Waals surface area contributed by atoms with E-state index >= 15 is 0 Å². The SMILES string of the molecule is CNC(CCc1cnn(C)c1)c1ccc(C)nc1C. The first kappa shape index (κ1) is 13.7. The number of pyridine rings is 1. The van der Waals surface area contributed by atoms with Gasteiger partial charge in [0, 0.05) is 30.7 Å². The lowest BCUT2D eigenvalue weighted by molar-refractivity contribution is 0.544. The van der Waals surface area contributed by atoms with Crippen LogP contribution in [0.3, 0.4) is 0 Å². The Balaban J connectivity index is 2.07. The Labute approximate surface area is 114 Å². The molecule has 2 rings (SSSR count). The fourth-order valence-electron chi connectivity index (χ4n) is 2.43. The summed E-state index contributed by atoms with van der Waals surface area (Å²) in [6.07, 6.45) is 6.08. The van der Waals surface area contributed by atoms with E-state index in [1.165, 1.54) is 11.1 Å². The molecule has 0 saturated heterocycles. The highest BCUT2D eigenvalue weighted by Crippen LogP contribution is 2.21. The van der Waals surface area contributed by atoms with Gasteiger partial charge in [-0.25, -0.2) is 0 Å². The Morgan fingerprint density at radius 3 is 2.68 bits per heavy atom. The Bertz CT molecular complexity index is 545. The molecular weight excluding hydrogens is 236 g/mol. The molecule has 2 heterocycles. The third-order valence-electron chi connectivity index (χ3n) is 3.47. The van der Waals surface area contributed by atoms with Gasteiger partial charge in [0.25, 0.3) is 0 Å². The maximum Gasteiger partial charge on any atom is 0.0521 e. The van der Waals surface area contributed by atoms with Crippen molar-refractivity contribution in [3.8, 4) is 0 Å². The molecule has 0 spiro atoms. The maximum absolute atomic E-state index is 4.55. The Hall–Kier alpha value is -1.68. The van der Waals surface area contributed by atoms with Crippen LogP contribution in [-0.4, -0.2) is 21.8 Å². The number of nitrogens with zero attached hydrogens (tertiary/aromatic N) is 3. The molecule has 0 radical (unpaired) electrons. The van der Waals surface area contributed by atoms with Crippen LogP contribution in [0.1, 0.15) is 35.0 Å². The van der Waals surface area contributed by atoms with E-state index in [-0.39, 0.29) is 0 Å². The molecule has 1 unspecified atom stereocenters. The van der Waals surface area contributed by atoms with Crippen molar-refractivity contribution in [3.05, 3.63) is 47.0 Å². The predicted octanol–water partition coefficient (Wildman–Crippen LogP) is 2.33. The third-order valence-corrected chi connectivity index (χ3v) is 3.47. The Morgan fingerprint density at radius 2 is 2.11 bits per heavy atom. The van der Waals surface area contributed by atoms with Crippen molar-refractivity contribution < 1.29 is 0 Å². The van der Waals surface area contributed by atoms with Gasteiger partial charge < -0.3 is 5.32 Å².